The quantitative estimate of drug-likeness (QED) is 0.894. The number of amides is 1. The fourth-order valence-electron chi connectivity index (χ4n) is 1.60. The van der Waals surface area contributed by atoms with Crippen LogP contribution in [0.1, 0.15) is 19.4 Å². The van der Waals surface area contributed by atoms with E-state index in [4.69, 9.17) is 9.47 Å². The summed E-state index contributed by atoms with van der Waals surface area (Å²) in [6, 6.07) is 5.50. The Morgan fingerprint density at radius 1 is 1.11 bits per heavy atom. The Hall–Kier alpha value is -1.91. The number of hydrogen-bond acceptors (Lipinski definition) is 4. The van der Waals surface area contributed by atoms with E-state index in [1.165, 1.54) is 7.11 Å². The third-order valence-corrected chi connectivity index (χ3v) is 2.71. The number of nitrogens with one attached hydrogen (secondary N) is 1. The first kappa shape index (κ1) is 14.2. The second kappa shape index (κ2) is 5.62. The fraction of sp³-hybridized carbons (Fsp3) is 0.462. The number of methoxy groups -OCH3 is 3. The maximum Gasteiger partial charge on any atom is 0.407 e. The molecule has 0 bridgehead atoms. The minimum absolute atomic E-state index is 0.477. The first-order valence-electron chi connectivity index (χ1n) is 5.53. The van der Waals surface area contributed by atoms with Gasteiger partial charge in [-0.25, -0.2) is 4.79 Å². The Morgan fingerprint density at radius 3 is 2.22 bits per heavy atom. The van der Waals surface area contributed by atoms with Crippen LogP contribution < -0.4 is 14.8 Å². The third-order valence-electron chi connectivity index (χ3n) is 2.71. The topological polar surface area (TPSA) is 56.8 Å². The predicted octanol–water partition coefficient (Wildman–Crippen LogP) is 2.29. The molecule has 0 aliphatic carbocycles. The van der Waals surface area contributed by atoms with Crippen LogP contribution in [0.25, 0.3) is 0 Å². The van der Waals surface area contributed by atoms with Crippen molar-refractivity contribution in [2.75, 3.05) is 21.3 Å². The Kier molecular flexibility index (Phi) is 4.42. The number of carbonyl (C=O) groups is 1. The lowest BCUT2D eigenvalue weighted by Crippen LogP contribution is -2.40. The maximum absolute atomic E-state index is 11.3. The van der Waals surface area contributed by atoms with Crippen molar-refractivity contribution in [1.29, 1.82) is 0 Å². The van der Waals surface area contributed by atoms with Gasteiger partial charge in [0.2, 0.25) is 0 Å². The molecule has 0 aromatic heterocycles. The Bertz CT molecular complexity index is 429. The molecule has 18 heavy (non-hydrogen) atoms. The van der Waals surface area contributed by atoms with Gasteiger partial charge in [0.25, 0.3) is 0 Å². The van der Waals surface area contributed by atoms with Gasteiger partial charge in [0.1, 0.15) is 0 Å². The molecule has 0 radical (unpaired) electrons. The van der Waals surface area contributed by atoms with Crippen LogP contribution in [0.2, 0.25) is 0 Å². The Morgan fingerprint density at radius 2 is 1.72 bits per heavy atom. The van der Waals surface area contributed by atoms with E-state index in [1.807, 2.05) is 26.0 Å². The van der Waals surface area contributed by atoms with Crippen molar-refractivity contribution in [3.05, 3.63) is 23.8 Å². The van der Waals surface area contributed by atoms with Gasteiger partial charge in [-0.2, -0.15) is 0 Å². The molecule has 1 aromatic rings. The van der Waals surface area contributed by atoms with Gasteiger partial charge < -0.3 is 19.5 Å². The first-order valence-corrected chi connectivity index (χ1v) is 5.53. The molecule has 0 atom stereocenters. The van der Waals surface area contributed by atoms with Crippen molar-refractivity contribution in [2.24, 2.45) is 0 Å². The van der Waals surface area contributed by atoms with Crippen molar-refractivity contribution < 1.29 is 19.0 Å². The average molecular weight is 253 g/mol. The molecular formula is C13H19NO4. The number of ether oxygens (including phenoxy) is 3. The van der Waals surface area contributed by atoms with E-state index in [9.17, 15) is 4.79 Å². The van der Waals surface area contributed by atoms with Crippen LogP contribution in [0.5, 0.6) is 11.5 Å². The van der Waals surface area contributed by atoms with Crippen LogP contribution in [0.3, 0.4) is 0 Å². The largest absolute Gasteiger partial charge is 0.493 e. The highest BCUT2D eigenvalue weighted by molar-refractivity contribution is 5.68. The van der Waals surface area contributed by atoms with Crippen LogP contribution in [-0.2, 0) is 10.3 Å². The van der Waals surface area contributed by atoms with E-state index in [0.717, 1.165) is 5.56 Å². The van der Waals surface area contributed by atoms with E-state index in [-0.39, 0.29) is 0 Å². The molecule has 0 aliphatic heterocycles. The second-order valence-corrected chi connectivity index (χ2v) is 4.31. The highest BCUT2D eigenvalue weighted by Gasteiger charge is 2.24. The van der Waals surface area contributed by atoms with E-state index >= 15 is 0 Å². The average Bonchev–Trinajstić information content (AvgIpc) is 2.37. The number of hydrogen-bond donors (Lipinski definition) is 1. The van der Waals surface area contributed by atoms with Gasteiger partial charge in [-0.3, -0.25) is 0 Å². The van der Waals surface area contributed by atoms with Crippen molar-refractivity contribution in [2.45, 2.75) is 19.4 Å². The SMILES string of the molecule is COC(=O)NC(C)(C)c1ccc(OC)c(OC)c1. The Labute approximate surface area is 107 Å². The lowest BCUT2D eigenvalue weighted by Gasteiger charge is -2.26. The summed E-state index contributed by atoms with van der Waals surface area (Å²) in [5, 5.41) is 2.75. The molecule has 100 valence electrons. The molecule has 1 N–H and O–H groups in total. The summed E-state index contributed by atoms with van der Waals surface area (Å²) in [7, 11) is 4.48. The number of rotatable bonds is 4. The molecule has 1 aromatic carbocycles. The van der Waals surface area contributed by atoms with Gasteiger partial charge in [-0.1, -0.05) is 6.07 Å². The van der Waals surface area contributed by atoms with Crippen LogP contribution >= 0.6 is 0 Å². The number of alkyl carbamates (subject to hydrolysis) is 1. The van der Waals surface area contributed by atoms with Crippen molar-refractivity contribution in [3.63, 3.8) is 0 Å². The molecule has 1 amide bonds. The summed E-state index contributed by atoms with van der Waals surface area (Å²) < 4.78 is 15.0. The van der Waals surface area contributed by atoms with E-state index in [2.05, 4.69) is 10.1 Å². The first-order chi connectivity index (χ1) is 8.44. The third kappa shape index (κ3) is 3.06. The van der Waals surface area contributed by atoms with Crippen molar-refractivity contribution >= 4 is 6.09 Å². The second-order valence-electron chi connectivity index (χ2n) is 4.31. The van der Waals surface area contributed by atoms with E-state index < -0.39 is 11.6 Å². The zero-order valence-corrected chi connectivity index (χ0v) is 11.4. The van der Waals surface area contributed by atoms with Crippen LogP contribution in [0.15, 0.2) is 18.2 Å². The number of carbonyl (C=O) groups excluding carboxylic acids is 1. The van der Waals surface area contributed by atoms with E-state index in [1.54, 1.807) is 20.3 Å². The maximum atomic E-state index is 11.3. The zero-order chi connectivity index (χ0) is 13.8. The fourth-order valence-corrected chi connectivity index (χ4v) is 1.60. The molecule has 1 rings (SSSR count). The minimum atomic E-state index is -0.563. The summed E-state index contributed by atoms with van der Waals surface area (Å²) in [6.45, 7) is 3.76. The highest BCUT2D eigenvalue weighted by atomic mass is 16.5. The molecular weight excluding hydrogens is 234 g/mol. The monoisotopic (exact) mass is 253 g/mol. The van der Waals surface area contributed by atoms with Crippen molar-refractivity contribution in [3.8, 4) is 11.5 Å². The van der Waals surface area contributed by atoms with E-state index in [0.29, 0.717) is 11.5 Å². The summed E-state index contributed by atoms with van der Waals surface area (Å²) >= 11 is 0. The lowest BCUT2D eigenvalue weighted by atomic mass is 9.94. The molecule has 5 heteroatoms. The van der Waals surface area contributed by atoms with Crippen LogP contribution in [0.4, 0.5) is 4.79 Å². The Balaban J connectivity index is 3.05. The zero-order valence-electron chi connectivity index (χ0n) is 11.4. The summed E-state index contributed by atoms with van der Waals surface area (Å²) in [5.41, 5.74) is 0.331. The van der Waals surface area contributed by atoms with Gasteiger partial charge in [-0.15, -0.1) is 0 Å². The molecule has 0 fully saturated rings. The standard InChI is InChI=1S/C13H19NO4/c1-13(2,14-12(15)18-5)9-6-7-10(16-3)11(8-9)17-4/h6-8H,1-5H3,(H,14,15). The molecule has 0 unspecified atom stereocenters. The van der Waals surface area contributed by atoms with Gasteiger partial charge in [-0.05, 0) is 31.5 Å². The van der Waals surface area contributed by atoms with Crippen LogP contribution in [-0.4, -0.2) is 27.4 Å². The molecule has 0 saturated heterocycles. The summed E-state index contributed by atoms with van der Waals surface area (Å²) in [4.78, 5) is 11.3. The summed E-state index contributed by atoms with van der Waals surface area (Å²) in [5.74, 6) is 1.27. The van der Waals surface area contributed by atoms with Gasteiger partial charge >= 0.3 is 6.09 Å². The highest BCUT2D eigenvalue weighted by Crippen LogP contribution is 2.31. The summed E-state index contributed by atoms with van der Waals surface area (Å²) in [6.07, 6.45) is -0.477. The smallest absolute Gasteiger partial charge is 0.407 e. The van der Waals surface area contributed by atoms with Gasteiger partial charge in [0.15, 0.2) is 11.5 Å². The predicted molar refractivity (Wildman–Crippen MR) is 68.1 cm³/mol. The van der Waals surface area contributed by atoms with Crippen LogP contribution in [0, 0.1) is 0 Å². The number of benzene rings is 1. The molecule has 0 aliphatic rings. The molecule has 5 nitrogen and oxygen atoms in total. The minimum Gasteiger partial charge on any atom is -0.493 e. The lowest BCUT2D eigenvalue weighted by molar-refractivity contribution is 0.159. The van der Waals surface area contributed by atoms with Crippen molar-refractivity contribution in [1.82, 2.24) is 5.32 Å². The molecule has 0 saturated carbocycles. The molecule has 0 spiro atoms. The normalized spacial score (nSPS) is 10.7. The molecule has 0 heterocycles. The van der Waals surface area contributed by atoms with Gasteiger partial charge in [0.05, 0.1) is 26.9 Å². The van der Waals surface area contributed by atoms with Gasteiger partial charge in [0, 0.05) is 0 Å².